The number of hydrogen-bond acceptors (Lipinski definition) is 4. The molecule has 6 heteroatoms. The Labute approximate surface area is 173 Å². The minimum absolute atomic E-state index is 0.113. The van der Waals surface area contributed by atoms with Gasteiger partial charge in [-0.1, -0.05) is 48.5 Å². The first-order valence-corrected chi connectivity index (χ1v) is 9.21. The lowest BCUT2D eigenvalue weighted by atomic mass is 9.82. The molecule has 4 N–H and O–H groups in total. The molecule has 0 aromatic heterocycles. The van der Waals surface area contributed by atoms with Gasteiger partial charge in [0.05, 0.1) is 0 Å². The summed E-state index contributed by atoms with van der Waals surface area (Å²) in [4.78, 5) is 49.2. The minimum atomic E-state index is -0.735. The molecular formula is C24H20N2O4. The summed E-state index contributed by atoms with van der Waals surface area (Å²) in [6.45, 7) is 2.81. The fourth-order valence-corrected chi connectivity index (χ4v) is 3.59. The number of rotatable bonds is 6. The van der Waals surface area contributed by atoms with Crippen LogP contribution in [0.2, 0.25) is 0 Å². The van der Waals surface area contributed by atoms with E-state index in [0.717, 1.165) is 0 Å². The lowest BCUT2D eigenvalue weighted by Crippen LogP contribution is -2.18. The highest BCUT2D eigenvalue weighted by atomic mass is 16.1. The van der Waals surface area contributed by atoms with E-state index in [1.807, 2.05) is 0 Å². The second-order valence-electron chi connectivity index (χ2n) is 6.84. The number of Topliss-reactive ketones (excluding diaryl/α,β-unsaturated/α-hetero) is 2. The molecule has 3 aromatic carbocycles. The van der Waals surface area contributed by atoms with Crippen LogP contribution in [0.1, 0.15) is 55.3 Å². The van der Waals surface area contributed by atoms with E-state index < -0.39 is 11.8 Å². The largest absolute Gasteiger partial charge is 0.366 e. The average Bonchev–Trinajstić information content (AvgIpc) is 2.72. The lowest BCUT2D eigenvalue weighted by molar-refractivity contribution is 0.0989. The number of amides is 2. The Morgan fingerprint density at radius 3 is 1.17 bits per heavy atom. The van der Waals surface area contributed by atoms with Crippen LogP contribution in [-0.2, 0) is 0 Å². The highest BCUT2D eigenvalue weighted by molar-refractivity contribution is 6.15. The molecule has 150 valence electrons. The summed E-state index contributed by atoms with van der Waals surface area (Å²) >= 11 is 0. The average molecular weight is 400 g/mol. The Kier molecular flexibility index (Phi) is 5.60. The van der Waals surface area contributed by atoms with E-state index in [2.05, 4.69) is 0 Å². The van der Waals surface area contributed by atoms with Gasteiger partial charge in [0.1, 0.15) is 0 Å². The second-order valence-corrected chi connectivity index (χ2v) is 6.84. The van der Waals surface area contributed by atoms with Gasteiger partial charge < -0.3 is 11.5 Å². The van der Waals surface area contributed by atoms with Gasteiger partial charge in [-0.2, -0.15) is 0 Å². The summed E-state index contributed by atoms with van der Waals surface area (Å²) in [7, 11) is 0. The molecule has 0 bridgehead atoms. The molecule has 0 spiro atoms. The van der Waals surface area contributed by atoms with E-state index in [1.54, 1.807) is 48.5 Å². The zero-order chi connectivity index (χ0) is 22.0. The van der Waals surface area contributed by atoms with Crippen LogP contribution < -0.4 is 11.5 Å². The van der Waals surface area contributed by atoms with Crippen LogP contribution in [0.5, 0.6) is 0 Å². The van der Waals surface area contributed by atoms with E-state index in [-0.39, 0.29) is 22.7 Å². The van der Waals surface area contributed by atoms with E-state index in [9.17, 15) is 19.2 Å². The first-order valence-electron chi connectivity index (χ1n) is 9.21. The Morgan fingerprint density at radius 1 is 0.533 bits per heavy atom. The first-order chi connectivity index (χ1) is 14.2. The number of ketones is 2. The normalized spacial score (nSPS) is 10.5. The smallest absolute Gasteiger partial charge is 0.249 e. The van der Waals surface area contributed by atoms with E-state index in [4.69, 9.17) is 11.5 Å². The summed E-state index contributed by atoms with van der Waals surface area (Å²) in [6, 6.07) is 16.2. The number of carbonyl (C=O) groups excluding carboxylic acids is 4. The molecule has 0 aliphatic carbocycles. The van der Waals surface area contributed by atoms with Gasteiger partial charge in [-0.05, 0) is 37.1 Å². The highest BCUT2D eigenvalue weighted by Crippen LogP contribution is 2.40. The predicted octanol–water partition coefficient (Wildman–Crippen LogP) is 3.62. The maximum Gasteiger partial charge on any atom is 0.249 e. The first kappa shape index (κ1) is 20.7. The SMILES string of the molecule is CC(=O)c1ccccc1-c1c(C(N)=O)ccc(C(N)=O)c1-c1ccccc1C(C)=O. The molecule has 0 unspecified atom stereocenters. The molecule has 30 heavy (non-hydrogen) atoms. The van der Waals surface area contributed by atoms with Crippen molar-refractivity contribution >= 4 is 23.4 Å². The standard InChI is InChI=1S/C24H20N2O4/c1-13(27)15-7-3-5-9-17(15)21-19(23(25)29)11-12-20(24(26)30)22(21)18-10-6-4-8-16(18)14(2)28/h3-12H,1-2H3,(H2,25,29)(H2,26,30). The number of carbonyl (C=O) groups is 4. The Bertz CT molecular complexity index is 1120. The molecule has 0 radical (unpaired) electrons. The van der Waals surface area contributed by atoms with Gasteiger partial charge in [0.2, 0.25) is 11.8 Å². The van der Waals surface area contributed by atoms with Crippen molar-refractivity contribution in [3.05, 3.63) is 82.9 Å². The van der Waals surface area contributed by atoms with Crippen molar-refractivity contribution in [2.45, 2.75) is 13.8 Å². The van der Waals surface area contributed by atoms with Crippen LogP contribution in [0.15, 0.2) is 60.7 Å². The van der Waals surface area contributed by atoms with Gasteiger partial charge >= 0.3 is 0 Å². The third kappa shape index (κ3) is 3.63. The van der Waals surface area contributed by atoms with Gasteiger partial charge in [0.15, 0.2) is 11.6 Å². The Hall–Kier alpha value is -4.06. The maximum atomic E-state index is 12.3. The van der Waals surface area contributed by atoms with Gasteiger partial charge in [-0.15, -0.1) is 0 Å². The maximum absolute atomic E-state index is 12.3. The summed E-state index contributed by atoms with van der Waals surface area (Å²) in [5.74, 6) is -1.92. The molecule has 0 saturated heterocycles. The van der Waals surface area contributed by atoms with Crippen LogP contribution in [0.25, 0.3) is 22.3 Å². The van der Waals surface area contributed by atoms with Gasteiger partial charge in [-0.3, -0.25) is 19.2 Å². The number of benzene rings is 3. The van der Waals surface area contributed by atoms with Crippen LogP contribution in [-0.4, -0.2) is 23.4 Å². The second kappa shape index (κ2) is 8.13. The molecule has 6 nitrogen and oxygen atoms in total. The van der Waals surface area contributed by atoms with E-state index in [1.165, 1.54) is 26.0 Å². The number of primary amides is 2. The van der Waals surface area contributed by atoms with Crippen LogP contribution in [0, 0.1) is 0 Å². The van der Waals surface area contributed by atoms with Crippen molar-refractivity contribution in [2.24, 2.45) is 11.5 Å². The van der Waals surface area contributed by atoms with Crippen LogP contribution in [0.3, 0.4) is 0 Å². The summed E-state index contributed by atoms with van der Waals surface area (Å²) < 4.78 is 0. The summed E-state index contributed by atoms with van der Waals surface area (Å²) in [6.07, 6.45) is 0. The fraction of sp³-hybridized carbons (Fsp3) is 0.0833. The molecule has 0 heterocycles. The predicted molar refractivity (Wildman–Crippen MR) is 114 cm³/mol. The fourth-order valence-electron chi connectivity index (χ4n) is 3.59. The van der Waals surface area contributed by atoms with Crippen molar-refractivity contribution in [3.63, 3.8) is 0 Å². The van der Waals surface area contributed by atoms with Crippen molar-refractivity contribution in [2.75, 3.05) is 0 Å². The van der Waals surface area contributed by atoms with Gasteiger partial charge in [0.25, 0.3) is 0 Å². The van der Waals surface area contributed by atoms with Gasteiger partial charge in [-0.25, -0.2) is 0 Å². The van der Waals surface area contributed by atoms with Crippen molar-refractivity contribution < 1.29 is 19.2 Å². The van der Waals surface area contributed by atoms with Crippen molar-refractivity contribution in [3.8, 4) is 22.3 Å². The monoisotopic (exact) mass is 400 g/mol. The van der Waals surface area contributed by atoms with Crippen molar-refractivity contribution in [1.82, 2.24) is 0 Å². The minimum Gasteiger partial charge on any atom is -0.366 e. The third-order valence-corrected chi connectivity index (χ3v) is 4.89. The molecule has 0 fully saturated rings. The zero-order valence-corrected chi connectivity index (χ0v) is 16.6. The molecule has 3 aromatic rings. The summed E-state index contributed by atoms with van der Waals surface area (Å²) in [5.41, 5.74) is 13.6. The molecule has 0 atom stereocenters. The number of hydrogen-bond donors (Lipinski definition) is 2. The zero-order valence-electron chi connectivity index (χ0n) is 16.6. The van der Waals surface area contributed by atoms with Crippen molar-refractivity contribution in [1.29, 1.82) is 0 Å². The Morgan fingerprint density at radius 2 is 0.867 bits per heavy atom. The Balaban J connectivity index is 2.59. The summed E-state index contributed by atoms with van der Waals surface area (Å²) in [5, 5.41) is 0. The molecule has 0 aliphatic rings. The van der Waals surface area contributed by atoms with E-state index >= 15 is 0 Å². The lowest BCUT2D eigenvalue weighted by Gasteiger charge is -2.20. The molecule has 2 amide bonds. The van der Waals surface area contributed by atoms with E-state index in [0.29, 0.717) is 33.4 Å². The quantitative estimate of drug-likeness (QED) is 0.614. The van der Waals surface area contributed by atoms with Gasteiger partial charge in [0, 0.05) is 33.4 Å². The molecule has 3 rings (SSSR count). The molecule has 0 saturated carbocycles. The topological polar surface area (TPSA) is 120 Å². The molecule has 0 aliphatic heterocycles. The highest BCUT2D eigenvalue weighted by Gasteiger charge is 2.26. The number of nitrogens with two attached hydrogens (primary N) is 2. The molecular weight excluding hydrogens is 380 g/mol. The van der Waals surface area contributed by atoms with Crippen LogP contribution in [0.4, 0.5) is 0 Å². The third-order valence-electron chi connectivity index (χ3n) is 4.89. The van der Waals surface area contributed by atoms with Crippen LogP contribution >= 0.6 is 0 Å².